The first-order valence-electron chi connectivity index (χ1n) is 16.6. The Hall–Kier alpha value is -3.17. The average Bonchev–Trinajstić information content (AvgIpc) is 3.34. The van der Waals surface area contributed by atoms with Crippen LogP contribution >= 0.6 is 0 Å². The number of rotatable bonds is 8. The van der Waals surface area contributed by atoms with E-state index in [1.807, 2.05) is 12.4 Å². The van der Waals surface area contributed by atoms with Crippen LogP contribution in [0.5, 0.6) is 11.5 Å². The number of carboxylic acid groups (broad SMARTS) is 2. The summed E-state index contributed by atoms with van der Waals surface area (Å²) < 4.78 is 0. The third-order valence-corrected chi connectivity index (χ3v) is 7.53. The molecule has 1 radical (unpaired) electrons. The van der Waals surface area contributed by atoms with Crippen molar-refractivity contribution in [2.75, 3.05) is 0 Å². The molecule has 2 atom stereocenters. The summed E-state index contributed by atoms with van der Waals surface area (Å²) in [5.74, 6) is -0.383. The van der Waals surface area contributed by atoms with E-state index >= 15 is 0 Å². The van der Waals surface area contributed by atoms with E-state index in [1.54, 1.807) is 0 Å². The number of benzene rings is 2. The van der Waals surface area contributed by atoms with Crippen LogP contribution in [-0.2, 0) is 50.0 Å². The molecule has 48 heavy (non-hydrogen) atoms. The van der Waals surface area contributed by atoms with E-state index in [-0.39, 0.29) is 39.7 Å². The summed E-state index contributed by atoms with van der Waals surface area (Å²) in [7, 11) is 0. The SMILES string of the molecule is CC(=O)[O-].CC(=O)[O-].CC(C)Cc1cc(C=NC2CCC(N=Cc3cc(CC(C)C)cc(C(C)(C)C)c3O)C2)c(O)c(C(C)(C)C)c1.[Co+2]. The van der Waals surface area contributed by atoms with Crippen LogP contribution in [0, 0.1) is 11.8 Å². The number of hydrogen-bond acceptors (Lipinski definition) is 8. The van der Waals surface area contributed by atoms with E-state index in [0.717, 1.165) is 68.2 Å². The molecule has 1 saturated carbocycles. The van der Waals surface area contributed by atoms with Gasteiger partial charge in [-0.1, -0.05) is 81.4 Å². The molecule has 2 N–H and O–H groups in total. The maximum atomic E-state index is 11.1. The molecular formula is C39H58CoN2O6. The molecule has 9 heteroatoms. The van der Waals surface area contributed by atoms with Gasteiger partial charge in [0.25, 0.3) is 0 Å². The fourth-order valence-electron chi connectivity index (χ4n) is 5.53. The van der Waals surface area contributed by atoms with Crippen molar-refractivity contribution in [3.8, 4) is 11.5 Å². The Bertz CT molecular complexity index is 1290. The number of aromatic hydroxyl groups is 2. The Morgan fingerprint density at radius 1 is 0.729 bits per heavy atom. The normalized spacial score (nSPS) is 16.4. The summed E-state index contributed by atoms with van der Waals surface area (Å²) >= 11 is 0. The molecule has 269 valence electrons. The van der Waals surface area contributed by atoms with Gasteiger partial charge in [-0.25, -0.2) is 0 Å². The van der Waals surface area contributed by atoms with Crippen molar-refractivity contribution in [1.29, 1.82) is 0 Å². The zero-order valence-corrected chi connectivity index (χ0v) is 32.1. The molecule has 3 rings (SSSR count). The van der Waals surface area contributed by atoms with E-state index in [4.69, 9.17) is 29.8 Å². The quantitative estimate of drug-likeness (QED) is 0.319. The summed E-state index contributed by atoms with van der Waals surface area (Å²) in [5.41, 5.74) is 5.79. The fourth-order valence-corrected chi connectivity index (χ4v) is 5.53. The molecule has 1 aliphatic carbocycles. The molecule has 1 aliphatic rings. The van der Waals surface area contributed by atoms with Gasteiger partial charge in [0.2, 0.25) is 0 Å². The molecule has 0 aliphatic heterocycles. The Morgan fingerprint density at radius 3 is 1.27 bits per heavy atom. The Balaban J connectivity index is 0.00000221. The standard InChI is InChI=1S/C35H52N2O2.2C2H4O2.Co/c1-22(2)13-24-15-26(32(38)30(17-24)34(5,6)7)20-36-28-11-12-29(19-28)37-21-27-16-25(14-23(3)4)18-31(33(27)39)35(8,9)10;2*1-2(3)4;/h15-18,20-23,28-29,38-39H,11-14,19H2,1-10H3;2*1H3,(H,3,4);/q;;;+2/p-2. The first kappa shape index (κ1) is 44.8. The molecule has 0 amide bonds. The molecule has 0 heterocycles. The van der Waals surface area contributed by atoms with Crippen LogP contribution in [0.3, 0.4) is 0 Å². The molecule has 2 unspecified atom stereocenters. The van der Waals surface area contributed by atoms with E-state index in [1.165, 1.54) is 11.1 Å². The van der Waals surface area contributed by atoms with Gasteiger partial charge in [0.1, 0.15) is 11.5 Å². The number of phenols is 2. The Labute approximate surface area is 299 Å². The van der Waals surface area contributed by atoms with Gasteiger partial charge in [0.15, 0.2) is 0 Å². The second-order valence-corrected chi connectivity index (χ2v) is 15.5. The molecule has 2 aromatic rings. The summed E-state index contributed by atoms with van der Waals surface area (Å²) in [6.45, 7) is 23.7. The maximum absolute atomic E-state index is 11.1. The zero-order chi connectivity index (χ0) is 36.3. The number of nitrogens with zero attached hydrogens (tertiary/aromatic N) is 2. The van der Waals surface area contributed by atoms with Gasteiger partial charge in [-0.15, -0.1) is 0 Å². The van der Waals surface area contributed by atoms with Gasteiger partial charge < -0.3 is 30.0 Å². The van der Waals surface area contributed by atoms with Crippen LogP contribution in [0.25, 0.3) is 0 Å². The number of phenolic OH excluding ortho intramolecular Hbond substituents is 2. The molecule has 8 nitrogen and oxygen atoms in total. The van der Waals surface area contributed by atoms with Gasteiger partial charge in [0, 0.05) is 46.6 Å². The summed E-state index contributed by atoms with van der Waals surface area (Å²) in [5, 5.41) is 39.9. The summed E-state index contributed by atoms with van der Waals surface area (Å²) in [4.78, 5) is 27.6. The van der Waals surface area contributed by atoms with Crippen molar-refractivity contribution in [2.45, 2.75) is 138 Å². The number of carboxylic acids is 2. The minimum atomic E-state index is -1.08. The van der Waals surface area contributed by atoms with Crippen molar-refractivity contribution in [2.24, 2.45) is 21.8 Å². The number of aliphatic imine (C=N–C) groups is 2. The van der Waals surface area contributed by atoms with Gasteiger partial charge in [0.05, 0.1) is 12.1 Å². The largest absolute Gasteiger partial charge is 2.00 e. The van der Waals surface area contributed by atoms with Crippen LogP contribution in [0.1, 0.15) is 136 Å². The molecule has 0 spiro atoms. The Kier molecular flexibility index (Phi) is 18.4. The summed E-state index contributed by atoms with van der Waals surface area (Å²) in [6.07, 6.45) is 8.54. The second kappa shape index (κ2) is 19.7. The van der Waals surface area contributed by atoms with Crippen molar-refractivity contribution in [3.63, 3.8) is 0 Å². The molecule has 0 bridgehead atoms. The molecular weight excluding hydrogens is 651 g/mol. The van der Waals surface area contributed by atoms with Crippen LogP contribution in [0.2, 0.25) is 0 Å². The Morgan fingerprint density at radius 2 is 1.02 bits per heavy atom. The van der Waals surface area contributed by atoms with Crippen molar-refractivity contribution in [1.82, 2.24) is 0 Å². The summed E-state index contributed by atoms with van der Waals surface area (Å²) in [6, 6.07) is 8.87. The topological polar surface area (TPSA) is 145 Å². The van der Waals surface area contributed by atoms with Crippen molar-refractivity contribution in [3.05, 3.63) is 57.6 Å². The molecule has 2 aromatic carbocycles. The van der Waals surface area contributed by atoms with Crippen LogP contribution in [-0.4, -0.2) is 46.7 Å². The molecule has 0 saturated heterocycles. The minimum Gasteiger partial charge on any atom is -0.550 e. The predicted molar refractivity (Wildman–Crippen MR) is 189 cm³/mol. The molecule has 1 fully saturated rings. The fraction of sp³-hybridized carbons (Fsp3) is 0.590. The van der Waals surface area contributed by atoms with Gasteiger partial charge in [-0.2, -0.15) is 0 Å². The van der Waals surface area contributed by atoms with E-state index < -0.39 is 11.9 Å². The number of hydrogen-bond donors (Lipinski definition) is 2. The van der Waals surface area contributed by atoms with Crippen LogP contribution in [0.15, 0.2) is 34.3 Å². The minimum absolute atomic E-state index is 0. The smallest absolute Gasteiger partial charge is 0.550 e. The first-order valence-corrected chi connectivity index (χ1v) is 16.6. The monoisotopic (exact) mass is 709 g/mol. The first-order chi connectivity index (χ1) is 21.5. The van der Waals surface area contributed by atoms with Gasteiger partial charge >= 0.3 is 16.8 Å². The third-order valence-electron chi connectivity index (χ3n) is 7.53. The van der Waals surface area contributed by atoms with E-state index in [2.05, 4.69) is 93.5 Å². The van der Waals surface area contributed by atoms with E-state index in [0.29, 0.717) is 23.3 Å². The second-order valence-electron chi connectivity index (χ2n) is 15.5. The average molecular weight is 710 g/mol. The van der Waals surface area contributed by atoms with Crippen LogP contribution < -0.4 is 10.2 Å². The number of aliphatic carboxylic acids is 2. The number of carbonyl (C=O) groups is 2. The van der Waals surface area contributed by atoms with E-state index in [9.17, 15) is 10.2 Å². The number of carbonyl (C=O) groups excluding carboxylic acids is 2. The zero-order valence-electron chi connectivity index (χ0n) is 31.1. The van der Waals surface area contributed by atoms with Gasteiger partial charge in [-0.3, -0.25) is 9.98 Å². The predicted octanol–water partition coefficient (Wildman–Crippen LogP) is 6.06. The van der Waals surface area contributed by atoms with Crippen LogP contribution in [0.4, 0.5) is 0 Å². The maximum Gasteiger partial charge on any atom is 2.00 e. The third kappa shape index (κ3) is 16.3. The van der Waals surface area contributed by atoms with Crippen molar-refractivity contribution < 1.29 is 46.8 Å². The van der Waals surface area contributed by atoms with Gasteiger partial charge in [-0.05, 0) is 91.9 Å². The molecule has 0 aromatic heterocycles. The van der Waals surface area contributed by atoms with Crippen molar-refractivity contribution >= 4 is 24.4 Å².